The molecule has 8 heteroatoms. The maximum absolute atomic E-state index is 11.9. The molecule has 132 valence electrons. The van der Waals surface area contributed by atoms with Crippen molar-refractivity contribution in [3.63, 3.8) is 0 Å². The van der Waals surface area contributed by atoms with Crippen LogP contribution in [0, 0.1) is 0 Å². The summed E-state index contributed by atoms with van der Waals surface area (Å²) in [7, 11) is 0. The van der Waals surface area contributed by atoms with Gasteiger partial charge in [-0.2, -0.15) is 15.4 Å². The number of aromatic amines is 1. The largest absolute Gasteiger partial charge is 0.486 e. The highest BCUT2D eigenvalue weighted by Crippen LogP contribution is 2.38. The number of carbonyl (C=O) groups excluding carboxylic acids is 1. The van der Waals surface area contributed by atoms with E-state index in [1.807, 2.05) is 18.2 Å². The average Bonchev–Trinajstić information content (AvgIpc) is 3.12. The van der Waals surface area contributed by atoms with Crippen molar-refractivity contribution < 1.29 is 19.0 Å². The first-order valence-corrected chi connectivity index (χ1v) is 8.30. The van der Waals surface area contributed by atoms with Crippen LogP contribution in [-0.2, 0) is 16.1 Å². The molecule has 2 aromatic carbocycles. The lowest BCUT2D eigenvalue weighted by Crippen LogP contribution is -2.15. The Morgan fingerprint density at radius 1 is 1.19 bits per heavy atom. The predicted octanol–water partition coefficient (Wildman–Crippen LogP) is 3.14. The van der Waals surface area contributed by atoms with Gasteiger partial charge in [0.05, 0.1) is 5.02 Å². The Morgan fingerprint density at radius 3 is 2.96 bits per heavy atom. The lowest BCUT2D eigenvalue weighted by Gasteiger charge is -2.19. The smallest absolute Gasteiger partial charge is 0.331 e. The highest BCUT2D eigenvalue weighted by Gasteiger charge is 2.16. The number of ether oxygens (including phenoxy) is 3. The summed E-state index contributed by atoms with van der Waals surface area (Å²) in [6, 6.07) is 8.94. The molecule has 1 aliphatic heterocycles. The number of H-pyrrole nitrogens is 1. The van der Waals surface area contributed by atoms with Crippen LogP contribution in [0.4, 0.5) is 0 Å². The van der Waals surface area contributed by atoms with Gasteiger partial charge in [-0.3, -0.25) is 0 Å². The van der Waals surface area contributed by atoms with Crippen LogP contribution in [0.15, 0.2) is 36.4 Å². The molecule has 7 nitrogen and oxygen atoms in total. The van der Waals surface area contributed by atoms with Gasteiger partial charge in [0.15, 0.2) is 11.5 Å². The predicted molar refractivity (Wildman–Crippen MR) is 95.2 cm³/mol. The summed E-state index contributed by atoms with van der Waals surface area (Å²) in [6.45, 7) is 1.08. The standard InChI is InChI=1S/C18H14ClN3O4/c19-13-7-11(9-16-18(13)25-6-5-24-16)2-4-17(23)26-10-12-1-3-14-15(8-12)21-22-20-14/h1-4,7-9H,5-6,10H2,(H,20,21,22)/b4-2+. The maximum Gasteiger partial charge on any atom is 0.331 e. The second kappa shape index (κ2) is 7.05. The van der Waals surface area contributed by atoms with E-state index in [0.717, 1.165) is 22.2 Å². The number of fused-ring (bicyclic) bond motifs is 2. The number of hydrogen-bond donors (Lipinski definition) is 1. The van der Waals surface area contributed by atoms with Gasteiger partial charge in [0.1, 0.15) is 30.9 Å². The van der Waals surface area contributed by atoms with Gasteiger partial charge >= 0.3 is 5.97 Å². The monoisotopic (exact) mass is 371 g/mol. The summed E-state index contributed by atoms with van der Waals surface area (Å²) >= 11 is 6.17. The van der Waals surface area contributed by atoms with Crippen molar-refractivity contribution in [1.29, 1.82) is 0 Å². The van der Waals surface area contributed by atoms with Crippen molar-refractivity contribution in [3.05, 3.63) is 52.6 Å². The molecular formula is C18H14ClN3O4. The van der Waals surface area contributed by atoms with Crippen molar-refractivity contribution in [1.82, 2.24) is 15.4 Å². The van der Waals surface area contributed by atoms with Gasteiger partial charge in [-0.25, -0.2) is 4.79 Å². The quantitative estimate of drug-likeness (QED) is 0.560. The molecule has 4 rings (SSSR count). The SMILES string of the molecule is O=C(/C=C/c1cc(Cl)c2c(c1)OCCO2)OCc1ccc2n[nH]nc2c1. The van der Waals surface area contributed by atoms with Gasteiger partial charge in [-0.15, -0.1) is 0 Å². The molecule has 0 fully saturated rings. The Labute approximate surface area is 153 Å². The summed E-state index contributed by atoms with van der Waals surface area (Å²) in [5, 5.41) is 11.0. The Balaban J connectivity index is 1.40. The van der Waals surface area contributed by atoms with Crippen LogP contribution in [0.1, 0.15) is 11.1 Å². The highest BCUT2D eigenvalue weighted by atomic mass is 35.5. The maximum atomic E-state index is 11.9. The summed E-state index contributed by atoms with van der Waals surface area (Å²) in [5.41, 5.74) is 3.03. The number of benzene rings is 2. The first-order chi connectivity index (χ1) is 12.7. The number of nitrogens with one attached hydrogen (secondary N) is 1. The molecule has 3 aromatic rings. The van der Waals surface area contributed by atoms with E-state index in [-0.39, 0.29) is 6.61 Å². The minimum absolute atomic E-state index is 0.147. The number of halogens is 1. The average molecular weight is 372 g/mol. The molecule has 0 aliphatic carbocycles. The fourth-order valence-corrected chi connectivity index (χ4v) is 2.84. The number of aromatic nitrogens is 3. The van der Waals surface area contributed by atoms with E-state index < -0.39 is 5.97 Å². The van der Waals surface area contributed by atoms with Crippen molar-refractivity contribution in [2.45, 2.75) is 6.61 Å². The molecule has 0 amide bonds. The van der Waals surface area contributed by atoms with Gasteiger partial charge in [0, 0.05) is 6.08 Å². The van der Waals surface area contributed by atoms with Gasteiger partial charge in [-0.05, 0) is 41.5 Å². The van der Waals surface area contributed by atoms with E-state index in [9.17, 15) is 4.79 Å². The molecule has 1 aromatic heterocycles. The van der Waals surface area contributed by atoms with Gasteiger partial charge in [0.2, 0.25) is 0 Å². The summed E-state index contributed by atoms with van der Waals surface area (Å²) in [6.07, 6.45) is 2.96. The molecule has 1 N–H and O–H groups in total. The zero-order valence-electron chi connectivity index (χ0n) is 13.6. The van der Waals surface area contributed by atoms with Crippen molar-refractivity contribution in [3.8, 4) is 11.5 Å². The molecule has 1 aliphatic rings. The Morgan fingerprint density at radius 2 is 2.04 bits per heavy atom. The third kappa shape index (κ3) is 3.48. The zero-order valence-corrected chi connectivity index (χ0v) is 14.3. The van der Waals surface area contributed by atoms with Crippen LogP contribution >= 0.6 is 11.6 Å². The Kier molecular flexibility index (Phi) is 4.45. The lowest BCUT2D eigenvalue weighted by atomic mass is 10.2. The molecule has 0 radical (unpaired) electrons. The molecule has 26 heavy (non-hydrogen) atoms. The van der Waals surface area contributed by atoms with E-state index in [1.165, 1.54) is 6.08 Å². The van der Waals surface area contributed by atoms with E-state index in [0.29, 0.717) is 29.7 Å². The molecule has 2 heterocycles. The first kappa shape index (κ1) is 16.4. The fraction of sp³-hybridized carbons (Fsp3) is 0.167. The second-order valence-electron chi connectivity index (χ2n) is 5.61. The molecular weight excluding hydrogens is 358 g/mol. The van der Waals surface area contributed by atoms with E-state index in [4.69, 9.17) is 25.8 Å². The number of hydrogen-bond acceptors (Lipinski definition) is 6. The zero-order chi connectivity index (χ0) is 17.9. The van der Waals surface area contributed by atoms with Gasteiger partial charge < -0.3 is 14.2 Å². The molecule has 0 saturated heterocycles. The van der Waals surface area contributed by atoms with Crippen LogP contribution in [0.3, 0.4) is 0 Å². The van der Waals surface area contributed by atoms with Crippen LogP contribution in [-0.4, -0.2) is 34.6 Å². The molecule has 0 saturated carbocycles. The third-order valence-corrected chi connectivity index (χ3v) is 4.07. The van der Waals surface area contributed by atoms with Gasteiger partial charge in [-0.1, -0.05) is 17.7 Å². The van der Waals surface area contributed by atoms with Crippen LogP contribution in [0.25, 0.3) is 17.1 Å². The van der Waals surface area contributed by atoms with E-state index in [2.05, 4.69) is 15.4 Å². The van der Waals surface area contributed by atoms with E-state index >= 15 is 0 Å². The number of esters is 1. The Hall–Kier alpha value is -3.06. The van der Waals surface area contributed by atoms with Gasteiger partial charge in [0.25, 0.3) is 0 Å². The first-order valence-electron chi connectivity index (χ1n) is 7.92. The molecule has 0 spiro atoms. The number of nitrogens with zero attached hydrogens (tertiary/aromatic N) is 2. The summed E-state index contributed by atoms with van der Waals surface area (Å²) < 4.78 is 16.2. The summed E-state index contributed by atoms with van der Waals surface area (Å²) in [4.78, 5) is 11.9. The minimum Gasteiger partial charge on any atom is -0.486 e. The minimum atomic E-state index is -0.462. The number of rotatable bonds is 4. The van der Waals surface area contributed by atoms with Crippen LogP contribution < -0.4 is 9.47 Å². The fourth-order valence-electron chi connectivity index (χ4n) is 2.57. The lowest BCUT2D eigenvalue weighted by molar-refractivity contribution is -0.138. The van der Waals surface area contributed by atoms with Crippen LogP contribution in [0.5, 0.6) is 11.5 Å². The molecule has 0 unspecified atom stereocenters. The third-order valence-electron chi connectivity index (χ3n) is 3.79. The summed E-state index contributed by atoms with van der Waals surface area (Å²) in [5.74, 6) is 0.634. The van der Waals surface area contributed by atoms with E-state index in [1.54, 1.807) is 18.2 Å². The van der Waals surface area contributed by atoms with Crippen LogP contribution in [0.2, 0.25) is 5.02 Å². The second-order valence-corrected chi connectivity index (χ2v) is 6.02. The molecule has 0 bridgehead atoms. The Bertz CT molecular complexity index is 999. The highest BCUT2D eigenvalue weighted by molar-refractivity contribution is 6.32. The molecule has 0 atom stereocenters. The normalized spacial score (nSPS) is 13.3. The number of carbonyl (C=O) groups is 1. The van der Waals surface area contributed by atoms with Crippen molar-refractivity contribution >= 4 is 34.7 Å². The van der Waals surface area contributed by atoms with Crippen molar-refractivity contribution in [2.75, 3.05) is 13.2 Å². The topological polar surface area (TPSA) is 86.3 Å². The van der Waals surface area contributed by atoms with Crippen molar-refractivity contribution in [2.24, 2.45) is 0 Å².